The minimum atomic E-state index is -0.273. The molecule has 2 saturated heterocycles. The molecule has 29 heavy (non-hydrogen) atoms. The molecule has 1 aromatic carbocycles. The molecule has 0 radical (unpaired) electrons. The Labute approximate surface area is 169 Å². The van der Waals surface area contributed by atoms with Crippen molar-refractivity contribution in [2.75, 3.05) is 6.61 Å². The second kappa shape index (κ2) is 7.19. The number of aliphatic hydroxyl groups excluding tert-OH is 1. The normalized spacial score (nSPS) is 25.6. The highest BCUT2D eigenvalue weighted by Gasteiger charge is 2.57. The smallest absolute Gasteiger partial charge is 0.290 e. The first kappa shape index (κ1) is 18.2. The van der Waals surface area contributed by atoms with E-state index in [2.05, 4.69) is 17.2 Å². The monoisotopic (exact) mass is 391 g/mol. The van der Waals surface area contributed by atoms with Gasteiger partial charge in [-0.05, 0) is 49.4 Å². The Kier molecular flexibility index (Phi) is 4.51. The van der Waals surface area contributed by atoms with Crippen LogP contribution in [0.5, 0.6) is 0 Å². The van der Waals surface area contributed by atoms with Crippen LogP contribution in [0.15, 0.2) is 65.3 Å². The highest BCUT2D eigenvalue weighted by atomic mass is 16.4. The van der Waals surface area contributed by atoms with Crippen LogP contribution in [0.4, 0.5) is 0 Å². The summed E-state index contributed by atoms with van der Waals surface area (Å²) in [6, 6.07) is 15.9. The minimum Gasteiger partial charge on any atom is -0.454 e. The second-order valence-corrected chi connectivity index (χ2v) is 8.32. The van der Waals surface area contributed by atoms with E-state index in [-0.39, 0.29) is 30.0 Å². The summed E-state index contributed by atoms with van der Waals surface area (Å²) in [6.45, 7) is 0.595. The molecule has 0 aliphatic carbocycles. The summed E-state index contributed by atoms with van der Waals surface area (Å²) in [7, 11) is 0. The summed E-state index contributed by atoms with van der Waals surface area (Å²) in [5.74, 6) is 1.02. The lowest BCUT2D eigenvalue weighted by Crippen LogP contribution is -2.43. The van der Waals surface area contributed by atoms with Gasteiger partial charge in [0.1, 0.15) is 5.76 Å². The van der Waals surface area contributed by atoms with Gasteiger partial charge in [0.15, 0.2) is 5.76 Å². The van der Waals surface area contributed by atoms with Crippen LogP contribution < -0.4 is 0 Å². The molecule has 2 bridgehead atoms. The van der Waals surface area contributed by atoms with Crippen LogP contribution in [0.3, 0.4) is 0 Å². The molecule has 0 saturated carbocycles. The van der Waals surface area contributed by atoms with Gasteiger partial charge in [-0.25, -0.2) is 0 Å². The van der Waals surface area contributed by atoms with Crippen molar-refractivity contribution in [1.29, 1.82) is 0 Å². The molecule has 2 fully saturated rings. The fourth-order valence-corrected chi connectivity index (χ4v) is 5.27. The fourth-order valence-electron chi connectivity index (χ4n) is 5.27. The third kappa shape index (κ3) is 3.17. The van der Waals surface area contributed by atoms with Crippen molar-refractivity contribution in [2.45, 2.75) is 44.3 Å². The zero-order valence-corrected chi connectivity index (χ0v) is 16.3. The van der Waals surface area contributed by atoms with Crippen LogP contribution >= 0.6 is 0 Å². The Morgan fingerprint density at radius 1 is 1.17 bits per heavy atom. The number of furan rings is 1. The highest BCUT2D eigenvalue weighted by Crippen LogP contribution is 2.51. The van der Waals surface area contributed by atoms with Crippen molar-refractivity contribution in [3.63, 3.8) is 0 Å². The zero-order valence-electron chi connectivity index (χ0n) is 16.3. The maximum atomic E-state index is 13.3. The number of aromatic nitrogens is 2. The third-order valence-corrected chi connectivity index (χ3v) is 6.55. The maximum absolute atomic E-state index is 13.3. The molecule has 3 aromatic rings. The molecule has 4 heterocycles. The Hall–Kier alpha value is -2.86. The van der Waals surface area contributed by atoms with Gasteiger partial charge in [-0.15, -0.1) is 0 Å². The van der Waals surface area contributed by atoms with E-state index in [1.165, 1.54) is 5.56 Å². The first-order valence-corrected chi connectivity index (χ1v) is 10.2. The van der Waals surface area contributed by atoms with Crippen LogP contribution in [-0.4, -0.2) is 44.4 Å². The van der Waals surface area contributed by atoms with E-state index in [4.69, 9.17) is 4.42 Å². The molecule has 1 amide bonds. The fraction of sp³-hybridized carbons (Fsp3) is 0.391. The van der Waals surface area contributed by atoms with Crippen molar-refractivity contribution >= 4 is 5.91 Å². The number of aliphatic hydroxyl groups is 1. The minimum absolute atomic E-state index is 0.0462. The first-order chi connectivity index (χ1) is 14.2. The van der Waals surface area contributed by atoms with Gasteiger partial charge in [0, 0.05) is 29.9 Å². The van der Waals surface area contributed by atoms with E-state index in [1.807, 2.05) is 41.4 Å². The third-order valence-electron chi connectivity index (χ3n) is 6.55. The highest BCUT2D eigenvalue weighted by molar-refractivity contribution is 5.92. The Bertz CT molecular complexity index is 982. The van der Waals surface area contributed by atoms with Gasteiger partial charge in [0.25, 0.3) is 5.91 Å². The number of amides is 1. The molecule has 3 atom stereocenters. The Balaban J connectivity index is 1.36. The summed E-state index contributed by atoms with van der Waals surface area (Å²) >= 11 is 0. The van der Waals surface area contributed by atoms with Crippen molar-refractivity contribution in [1.82, 2.24) is 14.7 Å². The summed E-state index contributed by atoms with van der Waals surface area (Å²) in [5.41, 5.74) is 0.936. The summed E-state index contributed by atoms with van der Waals surface area (Å²) < 4.78 is 7.63. The van der Waals surface area contributed by atoms with Crippen LogP contribution in [-0.2, 0) is 13.0 Å². The van der Waals surface area contributed by atoms with Crippen LogP contribution in [0.1, 0.15) is 41.1 Å². The van der Waals surface area contributed by atoms with Gasteiger partial charge < -0.3 is 14.4 Å². The van der Waals surface area contributed by atoms with E-state index < -0.39 is 0 Å². The van der Waals surface area contributed by atoms with Gasteiger partial charge in [-0.1, -0.05) is 30.3 Å². The van der Waals surface area contributed by atoms with Crippen LogP contribution in [0.25, 0.3) is 0 Å². The Morgan fingerprint density at radius 2 is 2.03 bits per heavy atom. The number of hydrogen-bond acceptors (Lipinski definition) is 4. The van der Waals surface area contributed by atoms with E-state index in [9.17, 15) is 9.90 Å². The molecular weight excluding hydrogens is 366 g/mol. The molecule has 2 aliphatic heterocycles. The standard InChI is InChI=1S/C23H25N3O3/c27-16-23(13-17-5-2-1-3-6-17)14-18-7-10-21(23)26(18)22(28)20-9-8-19(29-20)15-25-12-4-11-24-25/h1-6,8-9,11-12,18,21,27H,7,10,13-16H2/t18-,21+,23-/m0/s1. The van der Waals surface area contributed by atoms with Gasteiger partial charge in [0.05, 0.1) is 13.2 Å². The number of hydrogen-bond donors (Lipinski definition) is 1. The Morgan fingerprint density at radius 3 is 2.79 bits per heavy atom. The van der Waals surface area contributed by atoms with Crippen molar-refractivity contribution < 1.29 is 14.3 Å². The molecule has 0 spiro atoms. The first-order valence-electron chi connectivity index (χ1n) is 10.2. The maximum Gasteiger partial charge on any atom is 0.290 e. The van der Waals surface area contributed by atoms with Crippen LogP contribution in [0.2, 0.25) is 0 Å². The SMILES string of the molecule is O=C(c1ccc(Cn2cccn2)o1)N1[C@H]2CC[C@@H]1[C@@](CO)(Cc1ccccc1)C2. The predicted octanol–water partition coefficient (Wildman–Crippen LogP) is 3.12. The van der Waals surface area contributed by atoms with E-state index in [0.29, 0.717) is 18.1 Å². The van der Waals surface area contributed by atoms with E-state index in [0.717, 1.165) is 25.7 Å². The predicted molar refractivity (Wildman–Crippen MR) is 107 cm³/mol. The number of nitrogens with zero attached hydrogens (tertiary/aromatic N) is 3. The zero-order chi connectivity index (χ0) is 19.8. The molecule has 5 rings (SSSR count). The van der Waals surface area contributed by atoms with Gasteiger partial charge >= 0.3 is 0 Å². The van der Waals surface area contributed by atoms with Crippen molar-refractivity contribution in [2.24, 2.45) is 5.41 Å². The lowest BCUT2D eigenvalue weighted by Gasteiger charge is -2.36. The number of carbonyl (C=O) groups excluding carboxylic acids is 1. The van der Waals surface area contributed by atoms with E-state index in [1.54, 1.807) is 16.9 Å². The van der Waals surface area contributed by atoms with Crippen molar-refractivity contribution in [3.05, 3.63) is 78.0 Å². The van der Waals surface area contributed by atoms with Crippen molar-refractivity contribution in [3.8, 4) is 0 Å². The number of carbonyl (C=O) groups is 1. The quantitative estimate of drug-likeness (QED) is 0.701. The molecule has 6 heteroatoms. The van der Waals surface area contributed by atoms with Gasteiger partial charge in [0.2, 0.25) is 0 Å². The lowest BCUT2D eigenvalue weighted by molar-refractivity contribution is 0.0545. The van der Waals surface area contributed by atoms with Crippen LogP contribution in [0, 0.1) is 5.41 Å². The molecule has 0 unspecified atom stereocenters. The lowest BCUT2D eigenvalue weighted by atomic mass is 9.70. The summed E-state index contributed by atoms with van der Waals surface area (Å²) in [4.78, 5) is 15.3. The molecule has 1 N–H and O–H groups in total. The molecule has 150 valence electrons. The van der Waals surface area contributed by atoms with E-state index >= 15 is 0 Å². The average Bonchev–Trinajstić information content (AvgIpc) is 3.53. The summed E-state index contributed by atoms with van der Waals surface area (Å²) in [6.07, 6.45) is 7.15. The van der Waals surface area contributed by atoms with Gasteiger partial charge in [-0.3, -0.25) is 9.48 Å². The molecule has 6 nitrogen and oxygen atoms in total. The average molecular weight is 391 g/mol. The molecular formula is C23H25N3O3. The number of benzene rings is 1. The molecule has 2 aliphatic rings. The topological polar surface area (TPSA) is 71.5 Å². The summed E-state index contributed by atoms with van der Waals surface area (Å²) in [5, 5.41) is 14.5. The van der Waals surface area contributed by atoms with Gasteiger partial charge in [-0.2, -0.15) is 5.10 Å². The molecule has 2 aromatic heterocycles. The second-order valence-electron chi connectivity index (χ2n) is 8.32. The largest absolute Gasteiger partial charge is 0.454 e. The number of fused-ring (bicyclic) bond motifs is 2. The number of rotatable bonds is 6.